The van der Waals surface area contributed by atoms with Crippen molar-refractivity contribution >= 4 is 19.7 Å². The highest BCUT2D eigenvalue weighted by molar-refractivity contribution is 8.13. The predicted octanol–water partition coefficient (Wildman–Crippen LogP) is 2.25. The van der Waals surface area contributed by atoms with Gasteiger partial charge in [0.05, 0.1) is 12.8 Å². The van der Waals surface area contributed by atoms with Crippen LogP contribution >= 0.6 is 10.7 Å². The number of hydrogen-bond donors (Lipinski definition) is 0. The van der Waals surface area contributed by atoms with E-state index in [0.29, 0.717) is 6.42 Å². The highest BCUT2D eigenvalue weighted by Gasteiger charge is 2.22. The molecule has 0 N–H and O–H groups in total. The average Bonchev–Trinajstić information content (AvgIpc) is 2.79. The molecule has 0 amide bonds. The number of ether oxygens (including phenoxy) is 1. The minimum absolute atomic E-state index is 0.0923. The van der Waals surface area contributed by atoms with Gasteiger partial charge >= 0.3 is 0 Å². The molecule has 1 aromatic carbocycles. The van der Waals surface area contributed by atoms with Crippen LogP contribution in [0.1, 0.15) is 5.56 Å². The van der Waals surface area contributed by atoms with Crippen LogP contribution in [0.15, 0.2) is 29.4 Å². The fourth-order valence-corrected chi connectivity index (χ4v) is 2.59. The van der Waals surface area contributed by atoms with Crippen molar-refractivity contribution < 1.29 is 21.9 Å². The van der Waals surface area contributed by atoms with E-state index in [2.05, 4.69) is 5.10 Å². The Labute approximate surface area is 124 Å². The van der Waals surface area contributed by atoms with Crippen molar-refractivity contribution in [1.29, 1.82) is 0 Å². The van der Waals surface area contributed by atoms with E-state index in [9.17, 15) is 17.2 Å². The minimum atomic E-state index is -4.34. The molecule has 9 heteroatoms. The summed E-state index contributed by atoms with van der Waals surface area (Å²) < 4.78 is 56.0. The lowest BCUT2D eigenvalue weighted by atomic mass is 10.3. The highest BCUT2D eigenvalue weighted by Crippen LogP contribution is 2.27. The lowest BCUT2D eigenvalue weighted by Crippen LogP contribution is -2.05. The Bertz CT molecular complexity index is 762. The van der Waals surface area contributed by atoms with Crippen molar-refractivity contribution in [2.75, 3.05) is 6.61 Å². The predicted molar refractivity (Wildman–Crippen MR) is 71.8 cm³/mol. The zero-order valence-electron chi connectivity index (χ0n) is 10.9. The standard InChI is InChI=1S/C12H11ClF2N2O3S/c1-17-7-8(6-16-17)4-5-20-9-2-3-10(21(13,18)19)12(15)11(9)14/h2-3,6-7H,4-5H2,1H3. The van der Waals surface area contributed by atoms with E-state index < -0.39 is 25.6 Å². The molecular formula is C12H11ClF2N2O3S. The maximum atomic E-state index is 13.7. The molecule has 0 atom stereocenters. The molecule has 21 heavy (non-hydrogen) atoms. The average molecular weight is 337 g/mol. The fourth-order valence-electron chi connectivity index (χ4n) is 1.69. The largest absolute Gasteiger partial charge is 0.490 e. The summed E-state index contributed by atoms with van der Waals surface area (Å²) in [6, 6.07) is 1.89. The topological polar surface area (TPSA) is 61.2 Å². The summed E-state index contributed by atoms with van der Waals surface area (Å²) in [6.45, 7) is 0.0923. The first-order valence-electron chi connectivity index (χ1n) is 5.82. The van der Waals surface area contributed by atoms with Crippen molar-refractivity contribution in [3.8, 4) is 5.75 Å². The lowest BCUT2D eigenvalue weighted by Gasteiger charge is -2.08. The molecule has 114 valence electrons. The van der Waals surface area contributed by atoms with E-state index in [1.807, 2.05) is 0 Å². The molecular weight excluding hydrogens is 326 g/mol. The van der Waals surface area contributed by atoms with Gasteiger partial charge < -0.3 is 4.74 Å². The van der Waals surface area contributed by atoms with Gasteiger partial charge in [-0.25, -0.2) is 12.8 Å². The van der Waals surface area contributed by atoms with E-state index >= 15 is 0 Å². The van der Waals surface area contributed by atoms with Crippen molar-refractivity contribution in [1.82, 2.24) is 9.78 Å². The van der Waals surface area contributed by atoms with Crippen molar-refractivity contribution in [3.05, 3.63) is 41.7 Å². The van der Waals surface area contributed by atoms with Gasteiger partial charge in [0.15, 0.2) is 11.6 Å². The van der Waals surface area contributed by atoms with Crippen LogP contribution in [-0.4, -0.2) is 24.8 Å². The first-order chi connectivity index (χ1) is 9.79. The molecule has 2 aromatic rings. The van der Waals surface area contributed by atoms with Gasteiger partial charge in [-0.05, 0) is 17.7 Å². The smallest absolute Gasteiger partial charge is 0.264 e. The second-order valence-electron chi connectivity index (χ2n) is 4.25. The van der Waals surface area contributed by atoms with E-state index in [1.54, 1.807) is 24.1 Å². The molecule has 0 aliphatic rings. The minimum Gasteiger partial charge on any atom is -0.490 e. The quantitative estimate of drug-likeness (QED) is 0.786. The molecule has 0 spiro atoms. The summed E-state index contributed by atoms with van der Waals surface area (Å²) in [4.78, 5) is -0.915. The number of aromatic nitrogens is 2. The fraction of sp³-hybridized carbons (Fsp3) is 0.250. The van der Waals surface area contributed by atoms with Gasteiger partial charge in [0, 0.05) is 30.3 Å². The zero-order valence-corrected chi connectivity index (χ0v) is 12.5. The van der Waals surface area contributed by atoms with Crippen LogP contribution < -0.4 is 4.74 Å². The summed E-state index contributed by atoms with van der Waals surface area (Å²) in [5.74, 6) is -3.31. The molecule has 0 saturated heterocycles. The number of aryl methyl sites for hydroxylation is 1. The Balaban J connectivity index is 2.09. The molecule has 1 heterocycles. The number of hydrogen-bond acceptors (Lipinski definition) is 4. The van der Waals surface area contributed by atoms with Gasteiger partial charge in [-0.2, -0.15) is 9.49 Å². The van der Waals surface area contributed by atoms with Gasteiger partial charge in [-0.15, -0.1) is 0 Å². The molecule has 0 aliphatic carbocycles. The van der Waals surface area contributed by atoms with E-state index in [-0.39, 0.29) is 12.4 Å². The maximum absolute atomic E-state index is 13.7. The third-order valence-electron chi connectivity index (χ3n) is 2.68. The van der Waals surface area contributed by atoms with E-state index in [4.69, 9.17) is 15.4 Å². The molecule has 0 radical (unpaired) electrons. The van der Waals surface area contributed by atoms with Crippen LogP contribution in [-0.2, 0) is 22.5 Å². The molecule has 2 rings (SSSR count). The Hall–Kier alpha value is -1.67. The zero-order chi connectivity index (χ0) is 15.6. The Morgan fingerprint density at radius 3 is 2.62 bits per heavy atom. The number of benzene rings is 1. The number of nitrogens with zero attached hydrogens (tertiary/aromatic N) is 2. The van der Waals surface area contributed by atoms with E-state index in [0.717, 1.165) is 17.7 Å². The second kappa shape index (κ2) is 5.98. The highest BCUT2D eigenvalue weighted by atomic mass is 35.7. The molecule has 0 bridgehead atoms. The van der Waals surface area contributed by atoms with Crippen LogP contribution in [0.5, 0.6) is 5.75 Å². The maximum Gasteiger partial charge on any atom is 0.264 e. The summed E-state index contributed by atoms with van der Waals surface area (Å²) in [6.07, 6.45) is 3.84. The molecule has 0 saturated carbocycles. The first-order valence-corrected chi connectivity index (χ1v) is 8.13. The third kappa shape index (κ3) is 3.70. The van der Waals surface area contributed by atoms with Crippen LogP contribution in [0.2, 0.25) is 0 Å². The molecule has 1 aromatic heterocycles. The first kappa shape index (κ1) is 15.7. The summed E-state index contributed by atoms with van der Waals surface area (Å²) in [5, 5.41) is 3.96. The van der Waals surface area contributed by atoms with Crippen LogP contribution in [0, 0.1) is 11.6 Å². The molecule has 5 nitrogen and oxygen atoms in total. The number of halogens is 3. The monoisotopic (exact) mass is 336 g/mol. The van der Waals surface area contributed by atoms with Crippen molar-refractivity contribution in [3.63, 3.8) is 0 Å². The lowest BCUT2D eigenvalue weighted by molar-refractivity contribution is 0.297. The van der Waals surface area contributed by atoms with Crippen LogP contribution in [0.4, 0.5) is 8.78 Å². The molecule has 0 aliphatic heterocycles. The van der Waals surface area contributed by atoms with Gasteiger partial charge in [0.1, 0.15) is 4.90 Å². The second-order valence-corrected chi connectivity index (χ2v) is 6.78. The third-order valence-corrected chi connectivity index (χ3v) is 4.02. The Kier molecular flexibility index (Phi) is 4.48. The normalized spacial score (nSPS) is 11.6. The molecule has 0 unspecified atom stereocenters. The van der Waals surface area contributed by atoms with Crippen molar-refractivity contribution in [2.24, 2.45) is 7.05 Å². The number of rotatable bonds is 5. The van der Waals surface area contributed by atoms with Gasteiger partial charge in [-0.3, -0.25) is 4.68 Å². The summed E-state index contributed by atoms with van der Waals surface area (Å²) in [5.41, 5.74) is 0.873. The summed E-state index contributed by atoms with van der Waals surface area (Å²) >= 11 is 0. The Morgan fingerprint density at radius 2 is 2.05 bits per heavy atom. The SMILES string of the molecule is Cn1cc(CCOc2ccc(S(=O)(=O)Cl)c(F)c2F)cn1. The van der Waals surface area contributed by atoms with Crippen molar-refractivity contribution in [2.45, 2.75) is 11.3 Å². The van der Waals surface area contributed by atoms with Gasteiger partial charge in [-0.1, -0.05) is 0 Å². The van der Waals surface area contributed by atoms with E-state index in [1.165, 1.54) is 0 Å². The van der Waals surface area contributed by atoms with Crippen LogP contribution in [0.25, 0.3) is 0 Å². The van der Waals surface area contributed by atoms with Crippen LogP contribution in [0.3, 0.4) is 0 Å². The Morgan fingerprint density at radius 1 is 1.33 bits per heavy atom. The van der Waals surface area contributed by atoms with Gasteiger partial charge in [0.25, 0.3) is 9.05 Å². The van der Waals surface area contributed by atoms with Gasteiger partial charge in [0.2, 0.25) is 5.82 Å². The molecule has 0 fully saturated rings. The summed E-state index contributed by atoms with van der Waals surface area (Å²) in [7, 11) is 2.40.